The van der Waals surface area contributed by atoms with Gasteiger partial charge in [-0.2, -0.15) is 0 Å². The molecule has 4 nitrogen and oxygen atoms in total. The number of methoxy groups -OCH3 is 2. The summed E-state index contributed by atoms with van der Waals surface area (Å²) in [6.07, 6.45) is 0. The molecule has 1 aromatic rings. The highest BCUT2D eigenvalue weighted by Crippen LogP contribution is 2.35. The van der Waals surface area contributed by atoms with Gasteiger partial charge in [0.15, 0.2) is 11.5 Å². The molecule has 1 aromatic carbocycles. The van der Waals surface area contributed by atoms with Crippen LogP contribution in [0.4, 0.5) is 0 Å². The van der Waals surface area contributed by atoms with Crippen molar-refractivity contribution in [1.82, 2.24) is 0 Å². The Bertz CT molecular complexity index is 405. The molecular formula is C11H15ClN2O2. The Morgan fingerprint density at radius 3 is 2.56 bits per heavy atom. The summed E-state index contributed by atoms with van der Waals surface area (Å²) in [6.45, 7) is 2.53. The molecule has 0 atom stereocenters. The molecule has 1 rings (SSSR count). The quantitative estimate of drug-likeness (QED) is 0.650. The fourth-order valence-corrected chi connectivity index (χ4v) is 1.62. The summed E-state index contributed by atoms with van der Waals surface area (Å²) in [5.41, 5.74) is 6.51. The number of nitrogens with two attached hydrogens (primary N) is 1. The van der Waals surface area contributed by atoms with E-state index in [1.165, 1.54) is 7.11 Å². The summed E-state index contributed by atoms with van der Waals surface area (Å²) in [5.74, 6) is 1.47. The fraction of sp³-hybridized carbons (Fsp3) is 0.364. The van der Waals surface area contributed by atoms with E-state index in [4.69, 9.17) is 26.8 Å². The first-order chi connectivity index (χ1) is 7.63. The monoisotopic (exact) mass is 242 g/mol. The van der Waals surface area contributed by atoms with Gasteiger partial charge in [0.25, 0.3) is 0 Å². The van der Waals surface area contributed by atoms with Crippen LogP contribution in [0.5, 0.6) is 11.5 Å². The van der Waals surface area contributed by atoms with E-state index >= 15 is 0 Å². The number of halogens is 1. The number of ether oxygens (including phenoxy) is 2. The van der Waals surface area contributed by atoms with Crippen LogP contribution in [0.25, 0.3) is 0 Å². The van der Waals surface area contributed by atoms with E-state index in [2.05, 4.69) is 4.99 Å². The van der Waals surface area contributed by atoms with Gasteiger partial charge in [0.05, 0.1) is 19.2 Å². The molecule has 0 radical (unpaired) electrons. The second kappa shape index (κ2) is 5.61. The minimum absolute atomic E-state index is 0.436. The van der Waals surface area contributed by atoms with E-state index in [9.17, 15) is 0 Å². The molecule has 0 aliphatic carbocycles. The van der Waals surface area contributed by atoms with Crippen LogP contribution < -0.4 is 15.2 Å². The van der Waals surface area contributed by atoms with Crippen molar-refractivity contribution in [3.63, 3.8) is 0 Å². The van der Waals surface area contributed by atoms with E-state index in [0.29, 0.717) is 28.9 Å². The van der Waals surface area contributed by atoms with Crippen molar-refractivity contribution < 1.29 is 9.47 Å². The van der Waals surface area contributed by atoms with Gasteiger partial charge in [-0.25, -0.2) is 0 Å². The third-order valence-electron chi connectivity index (χ3n) is 2.06. The van der Waals surface area contributed by atoms with Crippen molar-refractivity contribution in [2.75, 3.05) is 20.8 Å². The van der Waals surface area contributed by atoms with Crippen LogP contribution >= 0.6 is 11.6 Å². The zero-order valence-corrected chi connectivity index (χ0v) is 10.3. The summed E-state index contributed by atoms with van der Waals surface area (Å²) in [4.78, 5) is 4.11. The van der Waals surface area contributed by atoms with Crippen LogP contribution in [-0.4, -0.2) is 26.6 Å². The first-order valence-corrected chi connectivity index (χ1v) is 5.23. The van der Waals surface area contributed by atoms with Crippen LogP contribution in [0.1, 0.15) is 12.5 Å². The average Bonchev–Trinajstić information content (AvgIpc) is 2.28. The molecule has 2 N–H and O–H groups in total. The van der Waals surface area contributed by atoms with Gasteiger partial charge >= 0.3 is 0 Å². The van der Waals surface area contributed by atoms with E-state index in [-0.39, 0.29) is 0 Å². The lowest BCUT2D eigenvalue weighted by Crippen LogP contribution is -2.14. The van der Waals surface area contributed by atoms with Crippen molar-refractivity contribution in [2.45, 2.75) is 6.92 Å². The SMILES string of the molecule is CCN=C(N)c1cc(Cl)c(OC)c(OC)c1. The van der Waals surface area contributed by atoms with E-state index in [1.807, 2.05) is 6.92 Å². The second-order valence-corrected chi connectivity index (χ2v) is 3.46. The standard InChI is InChI=1S/C11H15ClN2O2/c1-4-14-11(13)7-5-8(12)10(16-3)9(6-7)15-2/h5-6H,4H2,1-3H3,(H2,13,14). The third-order valence-corrected chi connectivity index (χ3v) is 2.34. The van der Waals surface area contributed by atoms with Gasteiger partial charge in [-0.1, -0.05) is 11.6 Å². The summed E-state index contributed by atoms with van der Waals surface area (Å²) in [7, 11) is 3.08. The highest BCUT2D eigenvalue weighted by Gasteiger charge is 2.12. The van der Waals surface area contributed by atoms with Crippen LogP contribution in [-0.2, 0) is 0 Å². The van der Waals surface area contributed by atoms with Crippen LogP contribution in [0.2, 0.25) is 5.02 Å². The summed E-state index contributed by atoms with van der Waals surface area (Å²) in [6, 6.07) is 3.45. The number of rotatable bonds is 4. The van der Waals surface area contributed by atoms with Gasteiger partial charge in [0.2, 0.25) is 0 Å². The molecule has 0 saturated heterocycles. The Kier molecular flexibility index (Phi) is 4.43. The van der Waals surface area contributed by atoms with Crippen LogP contribution in [0.3, 0.4) is 0 Å². The topological polar surface area (TPSA) is 56.8 Å². The lowest BCUT2D eigenvalue weighted by molar-refractivity contribution is 0.355. The predicted molar refractivity (Wildman–Crippen MR) is 65.8 cm³/mol. The van der Waals surface area contributed by atoms with Crippen molar-refractivity contribution >= 4 is 17.4 Å². The highest BCUT2D eigenvalue weighted by molar-refractivity contribution is 6.32. The summed E-state index contributed by atoms with van der Waals surface area (Å²) < 4.78 is 10.3. The van der Waals surface area contributed by atoms with Crippen molar-refractivity contribution in [2.24, 2.45) is 10.7 Å². The maximum absolute atomic E-state index is 6.04. The summed E-state index contributed by atoms with van der Waals surface area (Å²) >= 11 is 6.04. The minimum atomic E-state index is 0.436. The molecule has 5 heteroatoms. The zero-order chi connectivity index (χ0) is 12.1. The molecule has 0 fully saturated rings. The normalized spacial score (nSPS) is 11.4. The number of benzene rings is 1. The predicted octanol–water partition coefficient (Wildman–Crippen LogP) is 2.08. The highest BCUT2D eigenvalue weighted by atomic mass is 35.5. The Labute approximate surface area is 100 Å². The van der Waals surface area contributed by atoms with Crippen molar-refractivity contribution in [1.29, 1.82) is 0 Å². The lowest BCUT2D eigenvalue weighted by Gasteiger charge is -2.11. The number of amidine groups is 1. The molecule has 0 amide bonds. The van der Waals surface area contributed by atoms with Crippen molar-refractivity contribution in [3.05, 3.63) is 22.7 Å². The fourth-order valence-electron chi connectivity index (χ4n) is 1.33. The number of nitrogens with zero attached hydrogens (tertiary/aromatic N) is 1. The first kappa shape index (κ1) is 12.6. The molecule has 0 aliphatic heterocycles. The molecule has 0 bridgehead atoms. The van der Waals surface area contributed by atoms with Gasteiger partial charge in [0.1, 0.15) is 5.84 Å². The van der Waals surface area contributed by atoms with Crippen LogP contribution in [0, 0.1) is 0 Å². The molecule has 0 heterocycles. The zero-order valence-electron chi connectivity index (χ0n) is 9.58. The van der Waals surface area contributed by atoms with Crippen LogP contribution in [0.15, 0.2) is 17.1 Å². The van der Waals surface area contributed by atoms with Gasteiger partial charge in [-0.05, 0) is 19.1 Å². The molecule has 88 valence electrons. The molecule has 0 aliphatic rings. The molecular weight excluding hydrogens is 228 g/mol. The Morgan fingerprint density at radius 2 is 2.06 bits per heavy atom. The van der Waals surface area contributed by atoms with Gasteiger partial charge in [0, 0.05) is 12.1 Å². The molecule has 0 unspecified atom stereocenters. The maximum atomic E-state index is 6.04. The number of hydrogen-bond donors (Lipinski definition) is 1. The van der Waals surface area contributed by atoms with Crippen molar-refractivity contribution in [3.8, 4) is 11.5 Å². The maximum Gasteiger partial charge on any atom is 0.179 e. The Balaban J connectivity index is 3.25. The smallest absolute Gasteiger partial charge is 0.179 e. The molecule has 16 heavy (non-hydrogen) atoms. The van der Waals surface area contributed by atoms with Gasteiger partial charge in [-0.3, -0.25) is 4.99 Å². The van der Waals surface area contributed by atoms with E-state index in [0.717, 1.165) is 5.56 Å². The van der Waals surface area contributed by atoms with Gasteiger partial charge in [-0.15, -0.1) is 0 Å². The second-order valence-electron chi connectivity index (χ2n) is 3.05. The largest absolute Gasteiger partial charge is 0.493 e. The number of aliphatic imine (C=N–C) groups is 1. The molecule has 0 spiro atoms. The summed E-state index contributed by atoms with van der Waals surface area (Å²) in [5, 5.41) is 0.450. The molecule has 0 aromatic heterocycles. The lowest BCUT2D eigenvalue weighted by atomic mass is 10.2. The number of hydrogen-bond acceptors (Lipinski definition) is 3. The third kappa shape index (κ3) is 2.58. The minimum Gasteiger partial charge on any atom is -0.493 e. The van der Waals surface area contributed by atoms with Gasteiger partial charge < -0.3 is 15.2 Å². The Morgan fingerprint density at radius 1 is 1.38 bits per heavy atom. The first-order valence-electron chi connectivity index (χ1n) is 4.85. The Hall–Kier alpha value is -1.42. The van der Waals surface area contributed by atoms with E-state index < -0.39 is 0 Å². The average molecular weight is 243 g/mol. The molecule has 0 saturated carbocycles. The van der Waals surface area contributed by atoms with E-state index in [1.54, 1.807) is 19.2 Å².